The van der Waals surface area contributed by atoms with Crippen LogP contribution in [0.4, 0.5) is 10.1 Å². The Morgan fingerprint density at radius 2 is 1.76 bits per heavy atom. The maximum atomic E-state index is 13.5. The summed E-state index contributed by atoms with van der Waals surface area (Å²) in [6.07, 6.45) is 0. The summed E-state index contributed by atoms with van der Waals surface area (Å²) < 4.78 is 15.9. The minimum Gasteiger partial charge on any atom is -0.319 e. The van der Waals surface area contributed by atoms with Crippen molar-refractivity contribution in [1.29, 1.82) is 0 Å². The molecule has 4 rings (SSSR count). The summed E-state index contributed by atoms with van der Waals surface area (Å²) in [5.41, 5.74) is 2.79. The predicted octanol–water partition coefficient (Wildman–Crippen LogP) is 7.52. The Balaban J connectivity index is 1.77. The second kappa shape index (κ2) is 9.63. The minimum atomic E-state index is -0.471. The number of nitrogens with zero attached hydrogens (tertiary/aromatic N) is 3. The van der Waals surface area contributed by atoms with Gasteiger partial charge in [0.1, 0.15) is 5.82 Å². The molecule has 0 unspecified atom stereocenters. The molecular weight excluding hydrogens is 530 g/mol. The van der Waals surface area contributed by atoms with Crippen LogP contribution in [-0.4, -0.2) is 20.7 Å². The monoisotopic (exact) mass is 546 g/mol. The largest absolute Gasteiger partial charge is 0.319 e. The molecule has 5 nitrogen and oxygen atoms in total. The minimum absolute atomic E-state index is 0.0435. The average molecular weight is 548 g/mol. The second-order valence-electron chi connectivity index (χ2n) is 7.62. The third-order valence-electron chi connectivity index (χ3n) is 4.94. The third-order valence-corrected chi connectivity index (χ3v) is 6.18. The van der Waals surface area contributed by atoms with Crippen molar-refractivity contribution >= 4 is 50.7 Å². The van der Waals surface area contributed by atoms with Gasteiger partial charge in [0.25, 0.3) is 5.91 Å². The van der Waals surface area contributed by atoms with Crippen LogP contribution in [0.5, 0.6) is 0 Å². The van der Waals surface area contributed by atoms with Crippen molar-refractivity contribution in [3.05, 3.63) is 92.4 Å². The van der Waals surface area contributed by atoms with Gasteiger partial charge in [-0.25, -0.2) is 14.1 Å². The lowest BCUT2D eigenvalue weighted by atomic mass is 10.0. The summed E-state index contributed by atoms with van der Waals surface area (Å²) >= 11 is 15.7. The Bertz CT molecular complexity index is 1340. The highest BCUT2D eigenvalue weighted by molar-refractivity contribution is 9.10. The van der Waals surface area contributed by atoms with E-state index < -0.39 is 5.91 Å². The lowest BCUT2D eigenvalue weighted by Gasteiger charge is -2.13. The van der Waals surface area contributed by atoms with Crippen LogP contribution in [0.1, 0.15) is 35.9 Å². The summed E-state index contributed by atoms with van der Waals surface area (Å²) in [5, 5.41) is 8.05. The van der Waals surface area contributed by atoms with Crippen LogP contribution in [0.3, 0.4) is 0 Å². The van der Waals surface area contributed by atoms with Gasteiger partial charge in [-0.3, -0.25) is 4.79 Å². The molecule has 168 valence electrons. The summed E-state index contributed by atoms with van der Waals surface area (Å²) in [5.74, 6) is -0.346. The van der Waals surface area contributed by atoms with Gasteiger partial charge in [-0.1, -0.05) is 53.0 Å². The second-order valence-corrected chi connectivity index (χ2v) is 9.35. The standard InChI is InChI=1S/C24H18BrCl2FN4O/c1-13(2)18-11-15(25)5-10-21(18)29-24(33)22-30-23(14-3-6-16(28)7-4-14)32(31-22)17-8-9-19(26)20(27)12-17/h3-13H,1-2H3,(H,29,33). The maximum absolute atomic E-state index is 13.5. The number of hydrogen-bond acceptors (Lipinski definition) is 3. The first kappa shape index (κ1) is 23.4. The molecule has 9 heteroatoms. The van der Waals surface area contributed by atoms with Crippen LogP contribution in [0.15, 0.2) is 65.1 Å². The third kappa shape index (κ3) is 5.11. The van der Waals surface area contributed by atoms with Crippen LogP contribution in [0.2, 0.25) is 10.0 Å². The molecule has 0 fully saturated rings. The van der Waals surface area contributed by atoms with Crippen LogP contribution < -0.4 is 5.32 Å². The molecule has 0 radical (unpaired) electrons. The Kier molecular flexibility index (Phi) is 6.83. The van der Waals surface area contributed by atoms with Gasteiger partial charge >= 0.3 is 0 Å². The van der Waals surface area contributed by atoms with E-state index in [1.165, 1.54) is 16.8 Å². The number of rotatable bonds is 5. The number of aromatic nitrogens is 3. The van der Waals surface area contributed by atoms with E-state index in [1.807, 2.05) is 32.0 Å². The zero-order valence-electron chi connectivity index (χ0n) is 17.6. The van der Waals surface area contributed by atoms with E-state index in [1.54, 1.807) is 30.3 Å². The molecule has 0 saturated carbocycles. The normalized spacial score (nSPS) is 11.1. The van der Waals surface area contributed by atoms with Crippen LogP contribution in [0, 0.1) is 5.82 Å². The zero-order valence-corrected chi connectivity index (χ0v) is 20.7. The van der Waals surface area contributed by atoms with E-state index >= 15 is 0 Å². The number of amides is 1. The Morgan fingerprint density at radius 1 is 1.03 bits per heavy atom. The van der Waals surface area contributed by atoms with Gasteiger partial charge in [0.05, 0.1) is 15.7 Å². The van der Waals surface area contributed by atoms with Gasteiger partial charge in [-0.2, -0.15) is 0 Å². The highest BCUT2D eigenvalue weighted by atomic mass is 79.9. The molecule has 1 amide bonds. The van der Waals surface area contributed by atoms with Crippen LogP contribution in [-0.2, 0) is 0 Å². The molecule has 3 aromatic carbocycles. The molecule has 1 heterocycles. The van der Waals surface area contributed by atoms with Crippen molar-refractivity contribution in [2.24, 2.45) is 0 Å². The first-order valence-corrected chi connectivity index (χ1v) is 11.6. The zero-order chi connectivity index (χ0) is 23.7. The Hall–Kier alpha value is -2.74. The number of benzene rings is 3. The number of carbonyl (C=O) groups is 1. The van der Waals surface area contributed by atoms with Crippen molar-refractivity contribution in [3.8, 4) is 17.1 Å². The first-order chi connectivity index (χ1) is 15.7. The van der Waals surface area contributed by atoms with E-state index in [0.717, 1.165) is 10.0 Å². The van der Waals surface area contributed by atoms with Gasteiger partial charge in [-0.05, 0) is 72.1 Å². The molecule has 0 atom stereocenters. The maximum Gasteiger partial charge on any atom is 0.295 e. The fraction of sp³-hybridized carbons (Fsp3) is 0.125. The number of carbonyl (C=O) groups excluding carboxylic acids is 1. The average Bonchev–Trinajstić information content (AvgIpc) is 3.23. The van der Waals surface area contributed by atoms with E-state index in [-0.39, 0.29) is 17.6 Å². The van der Waals surface area contributed by atoms with Crippen molar-refractivity contribution in [1.82, 2.24) is 14.8 Å². The number of anilines is 1. The highest BCUT2D eigenvalue weighted by Gasteiger charge is 2.21. The Labute approximate surface area is 208 Å². The van der Waals surface area contributed by atoms with Gasteiger partial charge in [0.2, 0.25) is 5.82 Å². The van der Waals surface area contributed by atoms with Gasteiger partial charge < -0.3 is 5.32 Å². The molecule has 0 spiro atoms. The van der Waals surface area contributed by atoms with E-state index in [0.29, 0.717) is 32.8 Å². The molecule has 33 heavy (non-hydrogen) atoms. The van der Waals surface area contributed by atoms with Crippen molar-refractivity contribution in [3.63, 3.8) is 0 Å². The molecule has 0 bridgehead atoms. The first-order valence-electron chi connectivity index (χ1n) is 10.0. The van der Waals surface area contributed by atoms with Crippen molar-refractivity contribution in [2.45, 2.75) is 19.8 Å². The molecule has 0 aliphatic carbocycles. The molecular formula is C24H18BrCl2FN4O. The molecule has 0 saturated heterocycles. The Morgan fingerprint density at radius 3 is 2.42 bits per heavy atom. The van der Waals surface area contributed by atoms with Gasteiger partial charge in [0, 0.05) is 15.7 Å². The van der Waals surface area contributed by atoms with E-state index in [9.17, 15) is 9.18 Å². The summed E-state index contributed by atoms with van der Waals surface area (Å²) in [6, 6.07) is 16.4. The molecule has 0 aliphatic heterocycles. The molecule has 1 aromatic heterocycles. The number of nitrogens with one attached hydrogen (secondary N) is 1. The predicted molar refractivity (Wildman–Crippen MR) is 133 cm³/mol. The quantitative estimate of drug-likeness (QED) is 0.281. The number of hydrogen-bond donors (Lipinski definition) is 1. The van der Waals surface area contributed by atoms with Crippen LogP contribution in [0.25, 0.3) is 17.1 Å². The molecule has 0 aliphatic rings. The van der Waals surface area contributed by atoms with E-state index in [4.69, 9.17) is 23.2 Å². The van der Waals surface area contributed by atoms with Crippen molar-refractivity contribution in [2.75, 3.05) is 5.32 Å². The topological polar surface area (TPSA) is 59.8 Å². The van der Waals surface area contributed by atoms with Gasteiger partial charge in [-0.15, -0.1) is 5.10 Å². The van der Waals surface area contributed by atoms with Crippen molar-refractivity contribution < 1.29 is 9.18 Å². The van der Waals surface area contributed by atoms with Crippen LogP contribution >= 0.6 is 39.1 Å². The fourth-order valence-electron chi connectivity index (χ4n) is 3.29. The van der Waals surface area contributed by atoms with E-state index in [2.05, 4.69) is 31.3 Å². The molecule has 1 N–H and O–H groups in total. The summed E-state index contributed by atoms with van der Waals surface area (Å²) in [7, 11) is 0. The summed E-state index contributed by atoms with van der Waals surface area (Å²) in [4.78, 5) is 17.6. The lowest BCUT2D eigenvalue weighted by Crippen LogP contribution is -2.16. The summed E-state index contributed by atoms with van der Waals surface area (Å²) in [6.45, 7) is 4.09. The smallest absolute Gasteiger partial charge is 0.295 e. The molecule has 4 aromatic rings. The fourth-order valence-corrected chi connectivity index (χ4v) is 3.97. The van der Waals surface area contributed by atoms with Gasteiger partial charge in [0.15, 0.2) is 5.82 Å². The highest BCUT2D eigenvalue weighted by Crippen LogP contribution is 2.30. The SMILES string of the molecule is CC(C)c1cc(Br)ccc1NC(=O)c1nc(-c2ccc(F)cc2)n(-c2ccc(Cl)c(Cl)c2)n1. The lowest BCUT2D eigenvalue weighted by molar-refractivity contribution is 0.101. The number of halogens is 4.